The van der Waals surface area contributed by atoms with Gasteiger partial charge < -0.3 is 5.32 Å². The van der Waals surface area contributed by atoms with Crippen LogP contribution >= 0.6 is 11.6 Å². The van der Waals surface area contributed by atoms with Gasteiger partial charge in [-0.05, 0) is 37.1 Å². The highest BCUT2D eigenvalue weighted by atomic mass is 35.5. The lowest BCUT2D eigenvalue weighted by molar-refractivity contribution is 0.426. The molecule has 0 unspecified atom stereocenters. The first kappa shape index (κ1) is 13.9. The lowest BCUT2D eigenvalue weighted by Gasteiger charge is -2.12. The summed E-state index contributed by atoms with van der Waals surface area (Å²) >= 11 is 5.95. The van der Waals surface area contributed by atoms with Crippen LogP contribution in [-0.2, 0) is 6.54 Å². The zero-order valence-electron chi connectivity index (χ0n) is 11.4. The normalized spacial score (nSPS) is 10.9. The first-order valence-corrected chi connectivity index (χ1v) is 7.14. The van der Waals surface area contributed by atoms with Crippen LogP contribution in [0.3, 0.4) is 0 Å². The molecule has 0 saturated heterocycles. The molecule has 0 radical (unpaired) electrons. The zero-order valence-corrected chi connectivity index (χ0v) is 12.2. The molecule has 4 heteroatoms. The zero-order chi connectivity index (χ0) is 13.7. The average molecular weight is 278 g/mol. The second-order valence-corrected chi connectivity index (χ2v) is 5.06. The molecule has 0 fully saturated rings. The first-order chi connectivity index (χ1) is 9.22. The summed E-state index contributed by atoms with van der Waals surface area (Å²) in [7, 11) is 0. The smallest absolute Gasteiger partial charge is 0.0815 e. The van der Waals surface area contributed by atoms with E-state index in [0.29, 0.717) is 12.6 Å². The van der Waals surface area contributed by atoms with E-state index < -0.39 is 0 Å². The van der Waals surface area contributed by atoms with E-state index in [9.17, 15) is 0 Å². The van der Waals surface area contributed by atoms with Gasteiger partial charge in [0.2, 0.25) is 0 Å². The summed E-state index contributed by atoms with van der Waals surface area (Å²) in [5, 5.41) is 8.68. The van der Waals surface area contributed by atoms with Crippen molar-refractivity contribution in [3.8, 4) is 0 Å². The maximum Gasteiger partial charge on any atom is 0.0815 e. The van der Waals surface area contributed by atoms with Crippen molar-refractivity contribution in [2.45, 2.75) is 39.3 Å². The topological polar surface area (TPSA) is 29.9 Å². The van der Waals surface area contributed by atoms with Crippen LogP contribution in [0.1, 0.15) is 38.4 Å². The molecule has 19 heavy (non-hydrogen) atoms. The molecule has 0 saturated carbocycles. The molecule has 2 rings (SSSR count). The number of rotatable bonds is 6. The number of halogens is 1. The minimum Gasteiger partial charge on any atom is -0.379 e. The molecule has 102 valence electrons. The highest BCUT2D eigenvalue weighted by Gasteiger charge is 2.07. The number of anilines is 1. The number of benzene rings is 1. The third-order valence-corrected chi connectivity index (χ3v) is 3.51. The second kappa shape index (κ2) is 6.62. The minimum atomic E-state index is 0.500. The van der Waals surface area contributed by atoms with Crippen molar-refractivity contribution < 1.29 is 0 Å². The Hall–Kier alpha value is -1.48. The Balaban J connectivity index is 1.97. The summed E-state index contributed by atoms with van der Waals surface area (Å²) in [4.78, 5) is 0. The molecule has 0 spiro atoms. The van der Waals surface area contributed by atoms with Gasteiger partial charge in [0.05, 0.1) is 18.3 Å². The molecular weight excluding hydrogens is 258 g/mol. The average Bonchev–Trinajstić information content (AvgIpc) is 2.87. The fourth-order valence-corrected chi connectivity index (χ4v) is 2.32. The third kappa shape index (κ3) is 3.74. The lowest BCUT2D eigenvalue weighted by atomic mass is 10.2. The van der Waals surface area contributed by atoms with Crippen LogP contribution < -0.4 is 5.32 Å². The van der Waals surface area contributed by atoms with Gasteiger partial charge in [-0.1, -0.05) is 31.5 Å². The van der Waals surface area contributed by atoms with E-state index in [2.05, 4.69) is 41.2 Å². The van der Waals surface area contributed by atoms with Crippen LogP contribution in [0.5, 0.6) is 0 Å². The second-order valence-electron chi connectivity index (χ2n) is 4.62. The molecular formula is C15H20ClN3. The van der Waals surface area contributed by atoms with E-state index in [0.717, 1.165) is 29.2 Å². The fourth-order valence-electron chi connectivity index (χ4n) is 2.13. The molecule has 3 nitrogen and oxygen atoms in total. The van der Waals surface area contributed by atoms with E-state index in [1.165, 1.54) is 0 Å². The van der Waals surface area contributed by atoms with Gasteiger partial charge in [0, 0.05) is 16.9 Å². The quantitative estimate of drug-likeness (QED) is 0.842. The van der Waals surface area contributed by atoms with Crippen LogP contribution in [0.2, 0.25) is 5.02 Å². The highest BCUT2D eigenvalue weighted by Crippen LogP contribution is 2.17. The van der Waals surface area contributed by atoms with Gasteiger partial charge in [0.15, 0.2) is 0 Å². The van der Waals surface area contributed by atoms with Crippen molar-refractivity contribution in [1.29, 1.82) is 0 Å². The summed E-state index contributed by atoms with van der Waals surface area (Å²) in [6, 6.07) is 10.3. The van der Waals surface area contributed by atoms with Gasteiger partial charge in [-0.25, -0.2) is 0 Å². The van der Waals surface area contributed by atoms with Crippen molar-refractivity contribution in [3.63, 3.8) is 0 Å². The molecule has 0 aliphatic carbocycles. The first-order valence-electron chi connectivity index (χ1n) is 6.76. The summed E-state index contributed by atoms with van der Waals surface area (Å²) in [6.45, 7) is 5.10. The maximum atomic E-state index is 5.95. The maximum absolute atomic E-state index is 5.95. The van der Waals surface area contributed by atoms with Crippen LogP contribution in [0.25, 0.3) is 0 Å². The molecule has 1 N–H and O–H groups in total. The summed E-state index contributed by atoms with van der Waals surface area (Å²) in [6.07, 6.45) is 4.28. The van der Waals surface area contributed by atoms with E-state index in [4.69, 9.17) is 11.6 Å². The lowest BCUT2D eigenvalue weighted by Crippen LogP contribution is -2.08. The van der Waals surface area contributed by atoms with Gasteiger partial charge in [0.25, 0.3) is 0 Å². The number of hydrogen-bond donors (Lipinski definition) is 1. The third-order valence-electron chi connectivity index (χ3n) is 3.28. The van der Waals surface area contributed by atoms with Gasteiger partial charge in [-0.2, -0.15) is 5.10 Å². The Morgan fingerprint density at radius 3 is 2.74 bits per heavy atom. The van der Waals surface area contributed by atoms with Crippen molar-refractivity contribution >= 4 is 17.3 Å². The number of hydrogen-bond acceptors (Lipinski definition) is 2. The Kier molecular flexibility index (Phi) is 4.86. The number of nitrogens with zero attached hydrogens (tertiary/aromatic N) is 2. The summed E-state index contributed by atoms with van der Waals surface area (Å²) < 4.78 is 2.06. The molecule has 0 atom stereocenters. The fraction of sp³-hybridized carbons (Fsp3) is 0.400. The predicted molar refractivity (Wildman–Crippen MR) is 80.6 cm³/mol. The predicted octanol–water partition coefficient (Wildman–Crippen LogP) is 4.51. The Bertz CT molecular complexity index is 518. The standard InChI is InChI=1S/C15H20ClN3/c1-3-15(4-2)19-9-8-14(18-19)11-17-13-7-5-6-12(16)10-13/h5-10,15,17H,3-4,11H2,1-2H3. The molecule has 0 aliphatic rings. The molecule has 0 aliphatic heterocycles. The SMILES string of the molecule is CCC(CC)n1ccc(CNc2cccc(Cl)c2)n1. The van der Waals surface area contributed by atoms with Crippen LogP contribution in [-0.4, -0.2) is 9.78 Å². The van der Waals surface area contributed by atoms with E-state index in [1.807, 2.05) is 24.3 Å². The number of aromatic nitrogens is 2. The molecule has 1 heterocycles. The molecule has 0 bridgehead atoms. The molecule has 0 amide bonds. The van der Waals surface area contributed by atoms with Crippen molar-refractivity contribution in [1.82, 2.24) is 9.78 Å². The van der Waals surface area contributed by atoms with Gasteiger partial charge in [-0.3, -0.25) is 4.68 Å². The summed E-state index contributed by atoms with van der Waals surface area (Å²) in [5.74, 6) is 0. The van der Waals surface area contributed by atoms with E-state index >= 15 is 0 Å². The van der Waals surface area contributed by atoms with E-state index in [-0.39, 0.29) is 0 Å². The van der Waals surface area contributed by atoms with Gasteiger partial charge >= 0.3 is 0 Å². The van der Waals surface area contributed by atoms with Crippen LogP contribution in [0.4, 0.5) is 5.69 Å². The van der Waals surface area contributed by atoms with Gasteiger partial charge in [0.1, 0.15) is 0 Å². The Morgan fingerprint density at radius 2 is 2.05 bits per heavy atom. The van der Waals surface area contributed by atoms with Crippen LogP contribution in [0.15, 0.2) is 36.5 Å². The summed E-state index contributed by atoms with van der Waals surface area (Å²) in [5.41, 5.74) is 2.07. The Labute approximate surface area is 119 Å². The highest BCUT2D eigenvalue weighted by molar-refractivity contribution is 6.30. The van der Waals surface area contributed by atoms with Gasteiger partial charge in [-0.15, -0.1) is 0 Å². The van der Waals surface area contributed by atoms with E-state index in [1.54, 1.807) is 0 Å². The molecule has 1 aromatic heterocycles. The molecule has 1 aromatic carbocycles. The van der Waals surface area contributed by atoms with Crippen LogP contribution in [0, 0.1) is 0 Å². The van der Waals surface area contributed by atoms with Crippen molar-refractivity contribution in [2.24, 2.45) is 0 Å². The monoisotopic (exact) mass is 277 g/mol. The number of nitrogens with one attached hydrogen (secondary N) is 1. The van der Waals surface area contributed by atoms with Crippen molar-refractivity contribution in [3.05, 3.63) is 47.2 Å². The molecule has 2 aromatic rings. The minimum absolute atomic E-state index is 0.500. The largest absolute Gasteiger partial charge is 0.379 e. The van der Waals surface area contributed by atoms with Crippen molar-refractivity contribution in [2.75, 3.05) is 5.32 Å². The Morgan fingerprint density at radius 1 is 1.26 bits per heavy atom.